The summed E-state index contributed by atoms with van der Waals surface area (Å²) in [5.74, 6) is -0.371. The highest BCUT2D eigenvalue weighted by molar-refractivity contribution is 5.71. The average Bonchev–Trinajstić information content (AvgIpc) is 2.05. The molecule has 3 nitrogen and oxygen atoms in total. The van der Waals surface area contributed by atoms with Crippen molar-refractivity contribution in [2.75, 3.05) is 12.4 Å². The summed E-state index contributed by atoms with van der Waals surface area (Å²) in [5.41, 5.74) is 0.350. The number of rotatable bonds is 3. The van der Waals surface area contributed by atoms with Gasteiger partial charge in [0.1, 0.15) is 0 Å². The van der Waals surface area contributed by atoms with E-state index in [9.17, 15) is 9.18 Å². The van der Waals surface area contributed by atoms with Gasteiger partial charge in [-0.2, -0.15) is 0 Å². The molecule has 0 saturated heterocycles. The standard InChI is InChI=1S/C8H7FNO2/c1-12-8-3-2-6(10-5-11)4-7(8)9/h2-4H,1H3,(H,10,11). The summed E-state index contributed by atoms with van der Waals surface area (Å²) in [6.07, 6.45) is 1.44. The third kappa shape index (κ3) is 1.72. The second-order valence-corrected chi connectivity index (χ2v) is 2.08. The number of ether oxygens (including phenoxy) is 1. The normalized spacial score (nSPS) is 9.17. The van der Waals surface area contributed by atoms with Crippen molar-refractivity contribution in [3.63, 3.8) is 0 Å². The number of amides is 1. The molecule has 1 N–H and O–H groups in total. The molecule has 0 bridgehead atoms. The van der Waals surface area contributed by atoms with Crippen LogP contribution in [0.4, 0.5) is 10.1 Å². The lowest BCUT2D eigenvalue weighted by Gasteiger charge is -2.02. The molecule has 0 spiro atoms. The summed E-state index contributed by atoms with van der Waals surface area (Å²) in [4.78, 5) is 9.85. The molecule has 0 aliphatic rings. The van der Waals surface area contributed by atoms with Gasteiger partial charge in [-0.3, -0.25) is 4.79 Å². The smallest absolute Gasteiger partial charge is 0.314 e. The lowest BCUT2D eigenvalue weighted by atomic mass is 10.3. The molecule has 1 radical (unpaired) electrons. The van der Waals surface area contributed by atoms with Gasteiger partial charge in [-0.1, -0.05) is 0 Å². The maximum Gasteiger partial charge on any atom is 0.314 e. The fourth-order valence-corrected chi connectivity index (χ4v) is 0.803. The first-order chi connectivity index (χ1) is 5.77. The average molecular weight is 168 g/mol. The van der Waals surface area contributed by atoms with Crippen LogP contribution in [-0.2, 0) is 4.79 Å². The lowest BCUT2D eigenvalue weighted by Crippen LogP contribution is -1.95. The minimum atomic E-state index is -0.516. The number of hydrogen-bond donors (Lipinski definition) is 1. The molecule has 1 amide bonds. The van der Waals surface area contributed by atoms with Crippen molar-refractivity contribution in [1.82, 2.24) is 0 Å². The summed E-state index contributed by atoms with van der Waals surface area (Å²) >= 11 is 0. The van der Waals surface area contributed by atoms with Crippen molar-refractivity contribution in [1.29, 1.82) is 0 Å². The monoisotopic (exact) mass is 168 g/mol. The first-order valence-corrected chi connectivity index (χ1v) is 3.24. The second kappa shape index (κ2) is 3.71. The van der Waals surface area contributed by atoms with E-state index in [2.05, 4.69) is 10.1 Å². The molecule has 1 aromatic carbocycles. The van der Waals surface area contributed by atoms with Crippen LogP contribution in [0, 0.1) is 5.82 Å². The predicted octanol–water partition coefficient (Wildman–Crippen LogP) is 1.31. The van der Waals surface area contributed by atoms with Crippen LogP contribution in [0.1, 0.15) is 0 Å². The number of anilines is 1. The molecule has 63 valence electrons. The van der Waals surface area contributed by atoms with Crippen LogP contribution in [0.25, 0.3) is 0 Å². The highest BCUT2D eigenvalue weighted by Gasteiger charge is 2.01. The molecule has 0 heterocycles. The van der Waals surface area contributed by atoms with Gasteiger partial charge in [-0.05, 0) is 12.1 Å². The van der Waals surface area contributed by atoms with Crippen molar-refractivity contribution < 1.29 is 13.9 Å². The third-order valence-electron chi connectivity index (χ3n) is 1.35. The Hall–Kier alpha value is -1.58. The molecular formula is C8H7FNO2. The van der Waals surface area contributed by atoms with E-state index in [1.165, 1.54) is 25.7 Å². The van der Waals surface area contributed by atoms with Crippen LogP contribution in [0.2, 0.25) is 0 Å². The van der Waals surface area contributed by atoms with Crippen molar-refractivity contribution in [3.05, 3.63) is 24.0 Å². The summed E-state index contributed by atoms with van der Waals surface area (Å²) in [6, 6.07) is 4.10. The highest BCUT2D eigenvalue weighted by Crippen LogP contribution is 2.19. The Bertz CT molecular complexity index is 288. The molecule has 0 atom stereocenters. The van der Waals surface area contributed by atoms with Crippen LogP contribution in [0.15, 0.2) is 18.2 Å². The van der Waals surface area contributed by atoms with Crippen molar-refractivity contribution in [2.24, 2.45) is 0 Å². The molecule has 12 heavy (non-hydrogen) atoms. The van der Waals surface area contributed by atoms with Crippen LogP contribution in [0.5, 0.6) is 5.75 Å². The van der Waals surface area contributed by atoms with Gasteiger partial charge in [0.25, 0.3) is 0 Å². The Morgan fingerprint density at radius 3 is 2.83 bits per heavy atom. The Morgan fingerprint density at radius 1 is 1.58 bits per heavy atom. The number of hydrogen-bond acceptors (Lipinski definition) is 2. The summed E-state index contributed by atoms with van der Waals surface area (Å²) < 4.78 is 17.6. The van der Waals surface area contributed by atoms with E-state index in [0.29, 0.717) is 5.69 Å². The quantitative estimate of drug-likeness (QED) is 0.691. The maximum atomic E-state index is 12.9. The largest absolute Gasteiger partial charge is 0.494 e. The lowest BCUT2D eigenvalue weighted by molar-refractivity contribution is 0.386. The molecule has 0 aliphatic heterocycles. The minimum absolute atomic E-state index is 0.145. The topological polar surface area (TPSA) is 38.3 Å². The molecule has 1 aromatic rings. The highest BCUT2D eigenvalue weighted by atomic mass is 19.1. The first kappa shape index (κ1) is 8.52. The van der Waals surface area contributed by atoms with Crippen LogP contribution < -0.4 is 10.1 Å². The zero-order valence-corrected chi connectivity index (χ0v) is 6.43. The maximum absolute atomic E-state index is 12.9. The van der Waals surface area contributed by atoms with Crippen molar-refractivity contribution in [2.45, 2.75) is 0 Å². The second-order valence-electron chi connectivity index (χ2n) is 2.08. The minimum Gasteiger partial charge on any atom is -0.494 e. The molecule has 0 saturated carbocycles. The van der Waals surface area contributed by atoms with E-state index < -0.39 is 5.82 Å². The molecule has 4 heteroatoms. The van der Waals surface area contributed by atoms with Gasteiger partial charge in [-0.25, -0.2) is 4.39 Å². The number of nitrogens with one attached hydrogen (secondary N) is 1. The molecular weight excluding hydrogens is 161 g/mol. The van der Waals surface area contributed by atoms with Gasteiger partial charge in [-0.15, -0.1) is 0 Å². The number of halogens is 1. The zero-order valence-electron chi connectivity index (χ0n) is 6.43. The Morgan fingerprint density at radius 2 is 2.33 bits per heavy atom. The van der Waals surface area contributed by atoms with Gasteiger partial charge < -0.3 is 10.1 Å². The SMILES string of the molecule is COc1ccc(N[C]=O)cc1F. The van der Waals surface area contributed by atoms with Crippen LogP contribution in [-0.4, -0.2) is 13.5 Å². The predicted molar refractivity (Wildman–Crippen MR) is 42.3 cm³/mol. The van der Waals surface area contributed by atoms with Crippen molar-refractivity contribution >= 4 is 12.1 Å². The summed E-state index contributed by atoms with van der Waals surface area (Å²) in [7, 11) is 1.37. The van der Waals surface area contributed by atoms with Crippen LogP contribution in [0.3, 0.4) is 0 Å². The Kier molecular flexibility index (Phi) is 2.63. The molecule has 0 unspecified atom stereocenters. The third-order valence-corrected chi connectivity index (χ3v) is 1.35. The van der Waals surface area contributed by atoms with E-state index in [-0.39, 0.29) is 5.75 Å². The van der Waals surface area contributed by atoms with E-state index >= 15 is 0 Å². The van der Waals surface area contributed by atoms with E-state index in [1.54, 1.807) is 0 Å². The molecule has 1 rings (SSSR count). The van der Waals surface area contributed by atoms with E-state index in [1.807, 2.05) is 0 Å². The fraction of sp³-hybridized carbons (Fsp3) is 0.125. The van der Waals surface area contributed by atoms with Gasteiger partial charge >= 0.3 is 6.41 Å². The van der Waals surface area contributed by atoms with E-state index in [0.717, 1.165) is 6.07 Å². The molecule has 0 fully saturated rings. The van der Waals surface area contributed by atoms with Crippen molar-refractivity contribution in [3.8, 4) is 5.75 Å². The Balaban J connectivity index is 2.93. The first-order valence-electron chi connectivity index (χ1n) is 3.24. The number of carbonyl (C=O) groups excluding carboxylic acids is 1. The van der Waals surface area contributed by atoms with Gasteiger partial charge in [0.05, 0.1) is 7.11 Å². The molecule has 0 aromatic heterocycles. The summed E-state index contributed by atoms with van der Waals surface area (Å²) in [6.45, 7) is 0. The van der Waals surface area contributed by atoms with Gasteiger partial charge in [0.15, 0.2) is 11.6 Å². The van der Waals surface area contributed by atoms with Gasteiger partial charge in [0.2, 0.25) is 0 Å². The van der Waals surface area contributed by atoms with Gasteiger partial charge in [0, 0.05) is 11.8 Å². The Labute approximate surface area is 69.2 Å². The molecule has 0 aliphatic carbocycles. The number of methoxy groups -OCH3 is 1. The summed E-state index contributed by atoms with van der Waals surface area (Å²) in [5, 5.41) is 2.20. The van der Waals surface area contributed by atoms with E-state index in [4.69, 9.17) is 0 Å². The number of benzene rings is 1. The van der Waals surface area contributed by atoms with Crippen LogP contribution >= 0.6 is 0 Å². The fourth-order valence-electron chi connectivity index (χ4n) is 0.803. The zero-order chi connectivity index (χ0) is 8.97.